The zero-order valence-corrected chi connectivity index (χ0v) is 8.44. The van der Waals surface area contributed by atoms with Crippen molar-refractivity contribution in [3.8, 4) is 0 Å². The number of nitrogens with zero attached hydrogens (tertiary/aromatic N) is 1. The molecule has 0 aliphatic rings. The van der Waals surface area contributed by atoms with Gasteiger partial charge in [0.1, 0.15) is 5.56 Å². The molecule has 4 heteroatoms. The second-order valence-corrected chi connectivity index (χ2v) is 4.07. The molecule has 0 unspecified atom stereocenters. The van der Waals surface area contributed by atoms with E-state index in [4.69, 9.17) is 5.11 Å². The number of carboxylic acid groups (broad SMARTS) is 1. The van der Waals surface area contributed by atoms with Crippen LogP contribution in [-0.4, -0.2) is 15.6 Å². The van der Waals surface area contributed by atoms with Crippen LogP contribution in [-0.2, 0) is 5.54 Å². The highest BCUT2D eigenvalue weighted by atomic mass is 16.4. The maximum Gasteiger partial charge on any atom is 0.341 e. The molecule has 0 atom stereocenters. The summed E-state index contributed by atoms with van der Waals surface area (Å²) in [5.41, 5.74) is -1.06. The molecule has 4 nitrogen and oxygen atoms in total. The fraction of sp³-hybridized carbons (Fsp3) is 0.400. The Morgan fingerprint density at radius 1 is 1.43 bits per heavy atom. The third-order valence-electron chi connectivity index (χ3n) is 1.90. The van der Waals surface area contributed by atoms with Gasteiger partial charge < -0.3 is 9.67 Å². The molecule has 0 fully saturated rings. The van der Waals surface area contributed by atoms with E-state index < -0.39 is 17.1 Å². The quantitative estimate of drug-likeness (QED) is 0.734. The van der Waals surface area contributed by atoms with Crippen molar-refractivity contribution in [2.24, 2.45) is 0 Å². The Morgan fingerprint density at radius 3 is 2.43 bits per heavy atom. The standard InChI is InChI=1S/C10H13NO3/c1-10(2,3)11-6-4-5-7(8(11)12)9(13)14/h4-6H,1-3H3,(H,13,14). The van der Waals surface area contributed by atoms with E-state index in [2.05, 4.69) is 0 Å². The van der Waals surface area contributed by atoms with Crippen LogP contribution in [0.3, 0.4) is 0 Å². The fourth-order valence-electron chi connectivity index (χ4n) is 1.19. The number of carboxylic acids is 1. The summed E-state index contributed by atoms with van der Waals surface area (Å²) in [5.74, 6) is -1.19. The molecule has 0 aliphatic carbocycles. The van der Waals surface area contributed by atoms with Crippen LogP contribution in [0.1, 0.15) is 31.1 Å². The van der Waals surface area contributed by atoms with Gasteiger partial charge in [0, 0.05) is 11.7 Å². The van der Waals surface area contributed by atoms with Gasteiger partial charge in [-0.25, -0.2) is 4.79 Å². The molecule has 0 bridgehead atoms. The van der Waals surface area contributed by atoms with E-state index in [1.807, 2.05) is 20.8 Å². The summed E-state index contributed by atoms with van der Waals surface area (Å²) in [6.07, 6.45) is 1.59. The number of aromatic nitrogens is 1. The van der Waals surface area contributed by atoms with Gasteiger partial charge in [0.2, 0.25) is 0 Å². The van der Waals surface area contributed by atoms with Crippen molar-refractivity contribution in [1.82, 2.24) is 4.57 Å². The van der Waals surface area contributed by atoms with Crippen LogP contribution in [0.15, 0.2) is 23.1 Å². The lowest BCUT2D eigenvalue weighted by atomic mass is 10.1. The Hall–Kier alpha value is -1.58. The number of pyridine rings is 1. The highest BCUT2D eigenvalue weighted by Crippen LogP contribution is 2.10. The van der Waals surface area contributed by atoms with E-state index >= 15 is 0 Å². The lowest BCUT2D eigenvalue weighted by Crippen LogP contribution is -2.35. The highest BCUT2D eigenvalue weighted by Gasteiger charge is 2.18. The number of aromatic carboxylic acids is 1. The molecule has 1 aromatic rings. The summed E-state index contributed by atoms with van der Waals surface area (Å²) >= 11 is 0. The van der Waals surface area contributed by atoms with Gasteiger partial charge in [-0.2, -0.15) is 0 Å². The Labute approximate surface area is 81.8 Å². The van der Waals surface area contributed by atoms with Crippen molar-refractivity contribution in [1.29, 1.82) is 0 Å². The van der Waals surface area contributed by atoms with Crippen LogP contribution >= 0.6 is 0 Å². The molecule has 1 aromatic heterocycles. The molecular formula is C10H13NO3. The molecule has 0 spiro atoms. The van der Waals surface area contributed by atoms with Crippen LogP contribution in [0, 0.1) is 0 Å². The monoisotopic (exact) mass is 195 g/mol. The number of hydrogen-bond acceptors (Lipinski definition) is 2. The first-order valence-corrected chi connectivity index (χ1v) is 4.29. The SMILES string of the molecule is CC(C)(C)n1cccc(C(=O)O)c1=O. The third kappa shape index (κ3) is 1.84. The van der Waals surface area contributed by atoms with Crippen LogP contribution < -0.4 is 5.56 Å². The number of carbonyl (C=O) groups is 1. The topological polar surface area (TPSA) is 59.3 Å². The average Bonchev–Trinajstić information content (AvgIpc) is 2.01. The predicted molar refractivity (Wildman–Crippen MR) is 52.7 cm³/mol. The molecule has 1 heterocycles. The van der Waals surface area contributed by atoms with Gasteiger partial charge in [-0.3, -0.25) is 4.79 Å². The summed E-state index contributed by atoms with van der Waals surface area (Å²) in [4.78, 5) is 22.3. The normalized spacial score (nSPS) is 11.4. The average molecular weight is 195 g/mol. The van der Waals surface area contributed by atoms with Crippen molar-refractivity contribution in [2.45, 2.75) is 26.3 Å². The van der Waals surface area contributed by atoms with Crippen LogP contribution in [0.4, 0.5) is 0 Å². The van der Waals surface area contributed by atoms with Crippen molar-refractivity contribution >= 4 is 5.97 Å². The molecule has 0 saturated heterocycles. The number of rotatable bonds is 1. The maximum atomic E-state index is 11.6. The molecule has 0 amide bonds. The van der Waals surface area contributed by atoms with Crippen LogP contribution in [0.5, 0.6) is 0 Å². The Bertz CT molecular complexity index is 412. The van der Waals surface area contributed by atoms with Gasteiger partial charge in [0.25, 0.3) is 5.56 Å². The minimum absolute atomic E-state index is 0.192. The zero-order valence-electron chi connectivity index (χ0n) is 8.44. The summed E-state index contributed by atoms with van der Waals surface area (Å²) in [7, 11) is 0. The van der Waals surface area contributed by atoms with E-state index in [1.54, 1.807) is 12.3 Å². The lowest BCUT2D eigenvalue weighted by Gasteiger charge is -2.22. The molecule has 0 aromatic carbocycles. The Morgan fingerprint density at radius 2 is 2.00 bits per heavy atom. The van der Waals surface area contributed by atoms with Crippen LogP contribution in [0.2, 0.25) is 0 Å². The van der Waals surface area contributed by atoms with Gasteiger partial charge in [-0.15, -0.1) is 0 Å². The molecule has 0 radical (unpaired) electrons. The Kier molecular flexibility index (Phi) is 2.47. The van der Waals surface area contributed by atoms with Gasteiger partial charge in [0.15, 0.2) is 0 Å². The molecule has 0 saturated carbocycles. The van der Waals surface area contributed by atoms with E-state index in [0.29, 0.717) is 0 Å². The van der Waals surface area contributed by atoms with E-state index in [-0.39, 0.29) is 5.56 Å². The van der Waals surface area contributed by atoms with E-state index in [9.17, 15) is 9.59 Å². The predicted octanol–water partition coefficient (Wildman–Crippen LogP) is 1.30. The molecule has 0 aliphatic heterocycles. The summed E-state index contributed by atoms with van der Waals surface area (Å²) in [6, 6.07) is 2.88. The van der Waals surface area contributed by atoms with E-state index in [0.717, 1.165) is 0 Å². The molecular weight excluding hydrogens is 182 g/mol. The Balaban J connectivity index is 3.44. The van der Waals surface area contributed by atoms with E-state index in [1.165, 1.54) is 10.6 Å². The molecule has 76 valence electrons. The lowest BCUT2D eigenvalue weighted by molar-refractivity contribution is 0.0693. The fourth-order valence-corrected chi connectivity index (χ4v) is 1.19. The smallest absolute Gasteiger partial charge is 0.341 e. The first-order chi connectivity index (χ1) is 6.34. The first-order valence-electron chi connectivity index (χ1n) is 4.29. The largest absolute Gasteiger partial charge is 0.477 e. The van der Waals surface area contributed by atoms with Crippen molar-refractivity contribution < 1.29 is 9.90 Å². The van der Waals surface area contributed by atoms with Gasteiger partial charge in [-0.1, -0.05) is 0 Å². The van der Waals surface area contributed by atoms with Crippen molar-refractivity contribution in [3.63, 3.8) is 0 Å². The molecule has 1 N–H and O–H groups in total. The maximum absolute atomic E-state index is 11.6. The van der Waals surface area contributed by atoms with Gasteiger partial charge >= 0.3 is 5.97 Å². The summed E-state index contributed by atoms with van der Waals surface area (Å²) in [5, 5.41) is 8.74. The third-order valence-corrected chi connectivity index (χ3v) is 1.90. The van der Waals surface area contributed by atoms with Gasteiger partial charge in [0.05, 0.1) is 0 Å². The summed E-state index contributed by atoms with van der Waals surface area (Å²) in [6.45, 7) is 5.54. The zero-order chi connectivity index (χ0) is 10.9. The minimum atomic E-state index is -1.19. The molecule has 1 rings (SSSR count). The highest BCUT2D eigenvalue weighted by molar-refractivity contribution is 5.86. The number of hydrogen-bond donors (Lipinski definition) is 1. The second-order valence-electron chi connectivity index (χ2n) is 4.07. The first kappa shape index (κ1) is 10.5. The minimum Gasteiger partial charge on any atom is -0.477 e. The van der Waals surface area contributed by atoms with Crippen molar-refractivity contribution in [2.75, 3.05) is 0 Å². The van der Waals surface area contributed by atoms with Crippen LogP contribution in [0.25, 0.3) is 0 Å². The van der Waals surface area contributed by atoms with Crippen molar-refractivity contribution in [3.05, 3.63) is 34.2 Å². The summed E-state index contributed by atoms with van der Waals surface area (Å²) < 4.78 is 1.41. The molecule has 14 heavy (non-hydrogen) atoms. The second kappa shape index (κ2) is 3.29. The van der Waals surface area contributed by atoms with Gasteiger partial charge in [-0.05, 0) is 32.9 Å².